The molecule has 31 heavy (non-hydrogen) atoms. The lowest BCUT2D eigenvalue weighted by Crippen LogP contribution is -2.22. The second kappa shape index (κ2) is 6.78. The zero-order valence-electron chi connectivity index (χ0n) is 16.1. The summed E-state index contributed by atoms with van der Waals surface area (Å²) in [6, 6.07) is 21.1. The van der Waals surface area contributed by atoms with Gasteiger partial charge in [0.15, 0.2) is 5.78 Å². The third kappa shape index (κ3) is 2.82. The highest BCUT2D eigenvalue weighted by molar-refractivity contribution is 7.91. The third-order valence-corrected chi connectivity index (χ3v) is 7.22. The molecule has 0 saturated carbocycles. The minimum atomic E-state index is -3.67. The maximum absolute atomic E-state index is 13.1. The fourth-order valence-corrected chi connectivity index (χ4v) is 5.18. The molecule has 5 rings (SSSR count). The number of nitrogens with one attached hydrogen (secondary N) is 1. The van der Waals surface area contributed by atoms with Crippen LogP contribution in [0.2, 0.25) is 0 Å². The predicted molar refractivity (Wildman–Crippen MR) is 115 cm³/mol. The first kappa shape index (κ1) is 19.0. The molecule has 152 valence electrons. The van der Waals surface area contributed by atoms with Crippen LogP contribution in [0.15, 0.2) is 99.8 Å². The number of Topliss-reactive ketones (excluding diaryl/α,β-unsaturated/α-hetero) is 1. The van der Waals surface area contributed by atoms with Crippen molar-refractivity contribution in [3.63, 3.8) is 0 Å². The topological polar surface area (TPSA) is 106 Å². The van der Waals surface area contributed by atoms with E-state index >= 15 is 0 Å². The molecule has 3 aromatic rings. The molecule has 3 N–H and O–H groups in total. The first-order chi connectivity index (χ1) is 14.9. The first-order valence-electron chi connectivity index (χ1n) is 9.50. The van der Waals surface area contributed by atoms with Gasteiger partial charge in [-0.1, -0.05) is 54.6 Å². The number of fused-ring (bicyclic) bond motifs is 2. The molecule has 0 aromatic heterocycles. The summed E-state index contributed by atoms with van der Waals surface area (Å²) in [5.41, 5.74) is 8.64. The monoisotopic (exact) mass is 428 g/mol. The lowest BCUT2D eigenvalue weighted by atomic mass is 9.84. The Kier molecular flexibility index (Phi) is 4.16. The van der Waals surface area contributed by atoms with Crippen molar-refractivity contribution in [1.29, 1.82) is 0 Å². The highest BCUT2D eigenvalue weighted by Gasteiger charge is 2.39. The van der Waals surface area contributed by atoms with Crippen molar-refractivity contribution in [3.05, 3.63) is 107 Å². The number of hydrogen-bond donors (Lipinski definition) is 2. The maximum atomic E-state index is 13.1. The van der Waals surface area contributed by atoms with Crippen molar-refractivity contribution < 1.29 is 18.0 Å². The largest absolute Gasteiger partial charge is 0.398 e. The van der Waals surface area contributed by atoms with Crippen LogP contribution in [0.5, 0.6) is 0 Å². The molecule has 1 amide bonds. The van der Waals surface area contributed by atoms with Crippen LogP contribution in [-0.2, 0) is 14.6 Å². The average Bonchev–Trinajstić information content (AvgIpc) is 3.16. The number of hydrogen-bond acceptors (Lipinski definition) is 5. The number of sulfone groups is 1. The van der Waals surface area contributed by atoms with Gasteiger partial charge < -0.3 is 11.1 Å². The van der Waals surface area contributed by atoms with Crippen LogP contribution in [0.25, 0.3) is 11.4 Å². The molecule has 0 bridgehead atoms. The molecular weight excluding hydrogens is 412 g/mol. The Hall–Kier alpha value is -3.97. The van der Waals surface area contributed by atoms with Gasteiger partial charge in [-0.05, 0) is 29.8 Å². The van der Waals surface area contributed by atoms with E-state index in [1.54, 1.807) is 54.6 Å². The fourth-order valence-electron chi connectivity index (χ4n) is 3.90. The van der Waals surface area contributed by atoms with Gasteiger partial charge in [0.2, 0.25) is 9.84 Å². The molecule has 1 heterocycles. The van der Waals surface area contributed by atoms with Crippen molar-refractivity contribution in [2.24, 2.45) is 5.73 Å². The number of ketones is 1. The Morgan fingerprint density at radius 2 is 1.26 bits per heavy atom. The summed E-state index contributed by atoms with van der Waals surface area (Å²) >= 11 is 0. The van der Waals surface area contributed by atoms with Crippen molar-refractivity contribution in [2.75, 3.05) is 0 Å². The number of nitrogens with two attached hydrogens (primary N) is 1. The Morgan fingerprint density at radius 1 is 0.677 bits per heavy atom. The Labute approximate surface area is 178 Å². The summed E-state index contributed by atoms with van der Waals surface area (Å²) in [4.78, 5) is 26.1. The van der Waals surface area contributed by atoms with Crippen LogP contribution in [0.1, 0.15) is 21.5 Å². The second-order valence-electron chi connectivity index (χ2n) is 7.21. The summed E-state index contributed by atoms with van der Waals surface area (Å²) < 4.78 is 25.6. The van der Waals surface area contributed by atoms with E-state index in [-0.39, 0.29) is 32.4 Å². The summed E-state index contributed by atoms with van der Waals surface area (Å²) in [7, 11) is -3.67. The van der Waals surface area contributed by atoms with E-state index in [1.807, 2.05) is 0 Å². The maximum Gasteiger partial charge on any atom is 0.258 e. The lowest BCUT2D eigenvalue weighted by Gasteiger charge is -2.18. The second-order valence-corrected chi connectivity index (χ2v) is 9.16. The average molecular weight is 428 g/mol. The summed E-state index contributed by atoms with van der Waals surface area (Å²) in [5.74, 6) is -0.750. The van der Waals surface area contributed by atoms with Crippen LogP contribution in [0, 0.1) is 0 Å². The van der Waals surface area contributed by atoms with Gasteiger partial charge in [0.05, 0.1) is 32.3 Å². The fraction of sp³-hybridized carbons (Fsp3) is 0. The van der Waals surface area contributed by atoms with Crippen molar-refractivity contribution >= 4 is 32.9 Å². The molecular formula is C24H16N2O4S. The van der Waals surface area contributed by atoms with Crippen LogP contribution >= 0.6 is 0 Å². The molecule has 0 atom stereocenters. The molecule has 0 spiro atoms. The van der Waals surface area contributed by atoms with Gasteiger partial charge in [-0.3, -0.25) is 9.59 Å². The van der Waals surface area contributed by atoms with Gasteiger partial charge in [0.25, 0.3) is 5.91 Å². The van der Waals surface area contributed by atoms with E-state index in [4.69, 9.17) is 5.73 Å². The van der Waals surface area contributed by atoms with Gasteiger partial charge in [-0.15, -0.1) is 0 Å². The zero-order valence-corrected chi connectivity index (χ0v) is 16.9. The van der Waals surface area contributed by atoms with E-state index in [0.717, 1.165) is 0 Å². The Morgan fingerprint density at radius 3 is 1.94 bits per heavy atom. The molecule has 6 nitrogen and oxygen atoms in total. The third-order valence-electron chi connectivity index (χ3n) is 5.43. The number of rotatable bonds is 3. The van der Waals surface area contributed by atoms with E-state index in [9.17, 15) is 18.0 Å². The summed E-state index contributed by atoms with van der Waals surface area (Å²) in [6.07, 6.45) is 0. The molecule has 0 unspecified atom stereocenters. The zero-order chi connectivity index (χ0) is 21.8. The number of benzene rings is 3. The van der Waals surface area contributed by atoms with Crippen LogP contribution < -0.4 is 11.1 Å². The summed E-state index contributed by atoms with van der Waals surface area (Å²) in [5, 5.41) is 2.73. The standard InChI is InChI=1S/C24H16N2O4S/c25-21-17-8-4-5-9-18(17)23(27)20-19(21)24(28)26-22(20)14-10-12-16(13-11-14)31(29,30)15-6-2-1-3-7-15/h1-13H,25H2,(H,26,28). The van der Waals surface area contributed by atoms with Crippen LogP contribution in [0.4, 0.5) is 0 Å². The number of carbonyl (C=O) groups is 2. The van der Waals surface area contributed by atoms with E-state index in [2.05, 4.69) is 5.32 Å². The molecule has 3 aromatic carbocycles. The first-order valence-corrected chi connectivity index (χ1v) is 11.0. The molecule has 0 radical (unpaired) electrons. The SMILES string of the molecule is NC1=C2C(=O)NC(c3ccc(S(=O)(=O)c4ccccc4)cc3)=C2C(=O)c2ccccc21. The van der Waals surface area contributed by atoms with E-state index < -0.39 is 15.7 Å². The summed E-state index contributed by atoms with van der Waals surface area (Å²) in [6.45, 7) is 0. The van der Waals surface area contributed by atoms with Gasteiger partial charge in [-0.25, -0.2) is 8.42 Å². The van der Waals surface area contributed by atoms with E-state index in [0.29, 0.717) is 22.4 Å². The van der Waals surface area contributed by atoms with Crippen molar-refractivity contribution in [1.82, 2.24) is 5.32 Å². The Bertz CT molecular complexity index is 1430. The number of amides is 1. The molecule has 1 aliphatic carbocycles. The minimum Gasteiger partial charge on any atom is -0.398 e. The van der Waals surface area contributed by atoms with Crippen molar-refractivity contribution in [3.8, 4) is 0 Å². The smallest absolute Gasteiger partial charge is 0.258 e. The van der Waals surface area contributed by atoms with Crippen molar-refractivity contribution in [2.45, 2.75) is 9.79 Å². The molecule has 1 aliphatic heterocycles. The Balaban J connectivity index is 1.61. The van der Waals surface area contributed by atoms with Gasteiger partial charge in [-0.2, -0.15) is 0 Å². The predicted octanol–water partition coefficient (Wildman–Crippen LogP) is 2.93. The normalized spacial score (nSPS) is 15.6. The van der Waals surface area contributed by atoms with E-state index in [1.165, 1.54) is 24.3 Å². The highest BCUT2D eigenvalue weighted by atomic mass is 32.2. The molecule has 7 heteroatoms. The lowest BCUT2D eigenvalue weighted by molar-refractivity contribution is -0.115. The quantitative estimate of drug-likeness (QED) is 0.667. The van der Waals surface area contributed by atoms with Crippen LogP contribution in [-0.4, -0.2) is 20.1 Å². The van der Waals surface area contributed by atoms with Gasteiger partial charge in [0.1, 0.15) is 0 Å². The van der Waals surface area contributed by atoms with Gasteiger partial charge in [0, 0.05) is 11.1 Å². The molecule has 0 fully saturated rings. The highest BCUT2D eigenvalue weighted by Crippen LogP contribution is 2.39. The number of carbonyl (C=O) groups excluding carboxylic acids is 2. The van der Waals surface area contributed by atoms with Crippen LogP contribution in [0.3, 0.4) is 0 Å². The minimum absolute atomic E-state index is 0.118. The molecule has 0 saturated heterocycles. The van der Waals surface area contributed by atoms with Gasteiger partial charge >= 0.3 is 0 Å². The molecule has 2 aliphatic rings.